The van der Waals surface area contributed by atoms with Gasteiger partial charge < -0.3 is 10.3 Å². The van der Waals surface area contributed by atoms with Crippen molar-refractivity contribution in [3.05, 3.63) is 40.3 Å². The summed E-state index contributed by atoms with van der Waals surface area (Å²) in [5.41, 5.74) is 1.82. The van der Waals surface area contributed by atoms with Crippen LogP contribution >= 0.6 is 23.2 Å². The average Bonchev–Trinajstić information content (AvgIpc) is 2.77. The first kappa shape index (κ1) is 14.4. The van der Waals surface area contributed by atoms with Crippen LogP contribution in [-0.2, 0) is 6.54 Å². The fraction of sp³-hybridized carbons (Fsp3) is 0.357. The van der Waals surface area contributed by atoms with Gasteiger partial charge in [-0.1, -0.05) is 37.0 Å². The number of aromatic amines is 1. The van der Waals surface area contributed by atoms with Crippen molar-refractivity contribution in [2.24, 2.45) is 5.92 Å². The quantitative estimate of drug-likeness (QED) is 0.871. The smallest absolute Gasteiger partial charge is 0.120 e. The van der Waals surface area contributed by atoms with E-state index in [0.29, 0.717) is 16.0 Å². The molecule has 0 bridgehead atoms. The van der Waals surface area contributed by atoms with Gasteiger partial charge in [-0.2, -0.15) is 0 Å². The number of halogens is 2. The van der Waals surface area contributed by atoms with Crippen LogP contribution in [0.25, 0.3) is 11.3 Å². The first-order valence-corrected chi connectivity index (χ1v) is 7.02. The summed E-state index contributed by atoms with van der Waals surface area (Å²) in [7, 11) is 0. The van der Waals surface area contributed by atoms with E-state index in [1.807, 2.05) is 12.1 Å². The summed E-state index contributed by atoms with van der Waals surface area (Å²) >= 11 is 12.1. The SMILES string of the molecule is CC(C)CNCc1ncc(-c2ccc(Cl)cc2Cl)[nH]1. The van der Waals surface area contributed by atoms with E-state index >= 15 is 0 Å². The number of imidazole rings is 1. The van der Waals surface area contributed by atoms with E-state index in [0.717, 1.165) is 30.2 Å². The van der Waals surface area contributed by atoms with Crippen molar-refractivity contribution in [3.63, 3.8) is 0 Å². The van der Waals surface area contributed by atoms with Gasteiger partial charge in [0.15, 0.2) is 0 Å². The molecule has 1 heterocycles. The first-order valence-electron chi connectivity index (χ1n) is 6.26. The highest BCUT2D eigenvalue weighted by molar-refractivity contribution is 6.36. The third kappa shape index (κ3) is 3.96. The van der Waals surface area contributed by atoms with E-state index in [4.69, 9.17) is 23.2 Å². The molecule has 1 aromatic heterocycles. The second kappa shape index (κ2) is 6.42. The molecule has 0 amide bonds. The number of nitrogens with one attached hydrogen (secondary N) is 2. The summed E-state index contributed by atoms with van der Waals surface area (Å²) in [5.74, 6) is 1.53. The van der Waals surface area contributed by atoms with Crippen LogP contribution in [-0.4, -0.2) is 16.5 Å². The Bertz CT molecular complexity index is 549. The van der Waals surface area contributed by atoms with Crippen molar-refractivity contribution in [2.45, 2.75) is 20.4 Å². The van der Waals surface area contributed by atoms with E-state index in [1.165, 1.54) is 0 Å². The predicted octanol–water partition coefficient (Wildman–Crippen LogP) is 4.13. The molecule has 0 aliphatic carbocycles. The molecule has 0 saturated carbocycles. The zero-order valence-corrected chi connectivity index (χ0v) is 12.5. The van der Waals surface area contributed by atoms with Gasteiger partial charge in [-0.25, -0.2) is 4.98 Å². The van der Waals surface area contributed by atoms with Gasteiger partial charge in [-0.15, -0.1) is 0 Å². The highest BCUT2D eigenvalue weighted by Gasteiger charge is 2.07. The highest BCUT2D eigenvalue weighted by atomic mass is 35.5. The number of hydrogen-bond donors (Lipinski definition) is 2. The monoisotopic (exact) mass is 297 g/mol. The number of benzene rings is 1. The van der Waals surface area contributed by atoms with Crippen molar-refractivity contribution < 1.29 is 0 Å². The molecule has 102 valence electrons. The molecule has 5 heteroatoms. The Morgan fingerprint density at radius 3 is 2.79 bits per heavy atom. The van der Waals surface area contributed by atoms with Gasteiger partial charge in [-0.05, 0) is 30.7 Å². The van der Waals surface area contributed by atoms with Gasteiger partial charge in [-0.3, -0.25) is 0 Å². The summed E-state index contributed by atoms with van der Waals surface area (Å²) in [5, 5.41) is 4.60. The van der Waals surface area contributed by atoms with Crippen molar-refractivity contribution in [2.75, 3.05) is 6.54 Å². The summed E-state index contributed by atoms with van der Waals surface area (Å²) in [6.45, 7) is 6.04. The van der Waals surface area contributed by atoms with Gasteiger partial charge in [0.2, 0.25) is 0 Å². The Morgan fingerprint density at radius 1 is 1.32 bits per heavy atom. The molecular formula is C14H17Cl2N3. The van der Waals surface area contributed by atoms with Crippen molar-refractivity contribution in [3.8, 4) is 11.3 Å². The molecule has 0 unspecified atom stereocenters. The molecule has 2 aromatic rings. The Kier molecular flexibility index (Phi) is 4.86. The van der Waals surface area contributed by atoms with Crippen molar-refractivity contribution >= 4 is 23.2 Å². The summed E-state index contributed by atoms with van der Waals surface area (Å²) in [4.78, 5) is 7.61. The Morgan fingerprint density at radius 2 is 2.11 bits per heavy atom. The minimum atomic E-state index is 0.623. The number of nitrogens with zero attached hydrogens (tertiary/aromatic N) is 1. The van der Waals surface area contributed by atoms with Gasteiger partial charge in [0.05, 0.1) is 23.5 Å². The van der Waals surface area contributed by atoms with Crippen LogP contribution in [0.5, 0.6) is 0 Å². The maximum Gasteiger partial charge on any atom is 0.120 e. The summed E-state index contributed by atoms with van der Waals surface area (Å²) in [6, 6.07) is 5.44. The molecule has 1 aromatic carbocycles. The molecule has 0 fully saturated rings. The molecule has 0 spiro atoms. The van der Waals surface area contributed by atoms with Gasteiger partial charge >= 0.3 is 0 Å². The summed E-state index contributed by atoms with van der Waals surface area (Å²) in [6.07, 6.45) is 1.79. The maximum atomic E-state index is 6.17. The minimum absolute atomic E-state index is 0.623. The Balaban J connectivity index is 2.08. The molecule has 0 aliphatic heterocycles. The Hall–Kier alpha value is -1.03. The molecule has 2 rings (SSSR count). The lowest BCUT2D eigenvalue weighted by atomic mass is 10.2. The lowest BCUT2D eigenvalue weighted by Crippen LogP contribution is -2.19. The van der Waals surface area contributed by atoms with Gasteiger partial charge in [0.25, 0.3) is 0 Å². The van der Waals surface area contributed by atoms with Gasteiger partial charge in [0, 0.05) is 10.6 Å². The fourth-order valence-electron chi connectivity index (χ4n) is 1.78. The molecule has 0 saturated heterocycles. The third-order valence-electron chi connectivity index (χ3n) is 2.69. The molecule has 0 atom stereocenters. The minimum Gasteiger partial charge on any atom is -0.341 e. The van der Waals surface area contributed by atoms with Crippen LogP contribution < -0.4 is 5.32 Å². The number of hydrogen-bond acceptors (Lipinski definition) is 2. The molecule has 2 N–H and O–H groups in total. The zero-order chi connectivity index (χ0) is 13.8. The largest absolute Gasteiger partial charge is 0.341 e. The van der Waals surface area contributed by atoms with Crippen LogP contribution in [0, 0.1) is 5.92 Å². The Labute approximate surface area is 123 Å². The second-order valence-electron chi connectivity index (χ2n) is 4.89. The van der Waals surface area contributed by atoms with Crippen molar-refractivity contribution in [1.82, 2.24) is 15.3 Å². The fourth-order valence-corrected chi connectivity index (χ4v) is 2.29. The second-order valence-corrected chi connectivity index (χ2v) is 5.74. The van der Waals surface area contributed by atoms with E-state index in [1.54, 1.807) is 12.3 Å². The van der Waals surface area contributed by atoms with Crippen LogP contribution in [0.3, 0.4) is 0 Å². The standard InChI is InChI=1S/C14H17Cl2N3/c1-9(2)6-17-8-14-18-7-13(19-14)11-4-3-10(15)5-12(11)16/h3-5,7,9,17H,6,8H2,1-2H3,(H,18,19). The summed E-state index contributed by atoms with van der Waals surface area (Å²) < 4.78 is 0. The third-order valence-corrected chi connectivity index (χ3v) is 3.24. The normalized spacial score (nSPS) is 11.2. The van der Waals surface area contributed by atoms with Crippen LogP contribution in [0.15, 0.2) is 24.4 Å². The number of aromatic nitrogens is 2. The van der Waals surface area contributed by atoms with E-state index in [2.05, 4.69) is 29.1 Å². The maximum absolute atomic E-state index is 6.17. The van der Waals surface area contributed by atoms with Crippen molar-refractivity contribution in [1.29, 1.82) is 0 Å². The van der Waals surface area contributed by atoms with Crippen LogP contribution in [0.1, 0.15) is 19.7 Å². The zero-order valence-electron chi connectivity index (χ0n) is 11.0. The lowest BCUT2D eigenvalue weighted by molar-refractivity contribution is 0.545. The van der Waals surface area contributed by atoms with Crippen LogP contribution in [0.2, 0.25) is 10.0 Å². The van der Waals surface area contributed by atoms with Gasteiger partial charge in [0.1, 0.15) is 5.82 Å². The topological polar surface area (TPSA) is 40.7 Å². The van der Waals surface area contributed by atoms with E-state index in [9.17, 15) is 0 Å². The molecule has 19 heavy (non-hydrogen) atoms. The highest BCUT2D eigenvalue weighted by Crippen LogP contribution is 2.28. The predicted molar refractivity (Wildman–Crippen MR) is 80.6 cm³/mol. The van der Waals surface area contributed by atoms with Crippen LogP contribution in [0.4, 0.5) is 0 Å². The van der Waals surface area contributed by atoms with E-state index in [-0.39, 0.29) is 0 Å². The average molecular weight is 298 g/mol. The molecular weight excluding hydrogens is 281 g/mol. The molecule has 0 aliphatic rings. The number of rotatable bonds is 5. The number of H-pyrrole nitrogens is 1. The molecule has 3 nitrogen and oxygen atoms in total. The van der Waals surface area contributed by atoms with E-state index < -0.39 is 0 Å². The molecule has 0 radical (unpaired) electrons. The lowest BCUT2D eigenvalue weighted by Gasteiger charge is -2.05. The first-order chi connectivity index (χ1) is 9.06.